The van der Waals surface area contributed by atoms with Crippen molar-refractivity contribution in [1.82, 2.24) is 0 Å². The minimum atomic E-state index is -0.110. The maximum Gasteiger partial charge on any atom is 0.136 e. The van der Waals surface area contributed by atoms with Crippen LogP contribution in [-0.2, 0) is 5.41 Å². The van der Waals surface area contributed by atoms with Gasteiger partial charge in [0, 0.05) is 33.1 Å². The zero-order valence-corrected chi connectivity index (χ0v) is 28.6. The fraction of sp³-hybridized carbons (Fsp3) is 0.0612. The summed E-state index contributed by atoms with van der Waals surface area (Å²) in [6, 6.07) is 63.5. The summed E-state index contributed by atoms with van der Waals surface area (Å²) >= 11 is 0. The molecule has 1 aliphatic heterocycles. The molecule has 0 saturated heterocycles. The Morgan fingerprint density at radius 1 is 0.412 bits per heavy atom. The first-order chi connectivity index (χ1) is 25.0. The van der Waals surface area contributed by atoms with Gasteiger partial charge >= 0.3 is 0 Å². The summed E-state index contributed by atoms with van der Waals surface area (Å²) in [5.41, 5.74) is 15.6. The van der Waals surface area contributed by atoms with Gasteiger partial charge in [0.25, 0.3) is 0 Å². The van der Waals surface area contributed by atoms with Crippen molar-refractivity contribution in [2.24, 2.45) is 0 Å². The van der Waals surface area contributed by atoms with Gasteiger partial charge in [0.2, 0.25) is 0 Å². The smallest absolute Gasteiger partial charge is 0.136 e. The first kappa shape index (κ1) is 29.5. The van der Waals surface area contributed by atoms with E-state index in [1.165, 1.54) is 44.5 Å². The van der Waals surface area contributed by atoms with Crippen molar-refractivity contribution in [1.29, 1.82) is 0 Å². The Morgan fingerprint density at radius 2 is 1.02 bits per heavy atom. The first-order valence-electron chi connectivity index (χ1n) is 17.7. The molecule has 8 aromatic carbocycles. The second-order valence-electron chi connectivity index (χ2n) is 14.1. The first-order valence-corrected chi connectivity index (χ1v) is 17.7. The number of fused-ring (bicyclic) bond motifs is 5. The van der Waals surface area contributed by atoms with Crippen molar-refractivity contribution in [3.63, 3.8) is 0 Å². The molecular formula is C49H35NO. The molecule has 242 valence electrons. The van der Waals surface area contributed by atoms with E-state index in [2.05, 4.69) is 195 Å². The second-order valence-corrected chi connectivity index (χ2v) is 14.1. The van der Waals surface area contributed by atoms with Crippen LogP contribution in [-0.4, -0.2) is 0 Å². The van der Waals surface area contributed by atoms with Gasteiger partial charge in [-0.15, -0.1) is 0 Å². The van der Waals surface area contributed by atoms with Crippen LogP contribution in [0.1, 0.15) is 25.0 Å². The minimum absolute atomic E-state index is 0.110. The van der Waals surface area contributed by atoms with Gasteiger partial charge < -0.3 is 9.64 Å². The molecule has 1 aliphatic carbocycles. The van der Waals surface area contributed by atoms with Gasteiger partial charge in [0.05, 0.1) is 5.69 Å². The lowest BCUT2D eigenvalue weighted by molar-refractivity contribution is 0.487. The van der Waals surface area contributed by atoms with Crippen LogP contribution in [0.5, 0.6) is 11.5 Å². The van der Waals surface area contributed by atoms with Gasteiger partial charge in [-0.2, -0.15) is 0 Å². The molecule has 0 amide bonds. The predicted octanol–water partition coefficient (Wildman–Crippen LogP) is 13.7. The topological polar surface area (TPSA) is 12.5 Å². The lowest BCUT2D eigenvalue weighted by Gasteiger charge is -2.30. The Kier molecular flexibility index (Phi) is 6.56. The zero-order chi connectivity index (χ0) is 34.1. The normalized spacial score (nSPS) is 13.2. The van der Waals surface area contributed by atoms with E-state index in [1.54, 1.807) is 0 Å². The third-order valence-corrected chi connectivity index (χ3v) is 10.9. The van der Waals surface area contributed by atoms with Crippen LogP contribution in [0.4, 0.5) is 17.1 Å². The van der Waals surface area contributed by atoms with Crippen LogP contribution in [0.15, 0.2) is 176 Å². The summed E-state index contributed by atoms with van der Waals surface area (Å²) in [6.07, 6.45) is 0. The second kappa shape index (κ2) is 11.3. The van der Waals surface area contributed by atoms with E-state index in [0.29, 0.717) is 0 Å². The summed E-state index contributed by atoms with van der Waals surface area (Å²) in [5, 5.41) is 2.28. The molecule has 0 saturated carbocycles. The highest BCUT2D eigenvalue weighted by Gasteiger charge is 2.36. The highest BCUT2D eigenvalue weighted by molar-refractivity contribution is 6.11. The molecule has 0 spiro atoms. The van der Waals surface area contributed by atoms with Gasteiger partial charge in [-0.1, -0.05) is 141 Å². The van der Waals surface area contributed by atoms with Gasteiger partial charge in [-0.05, 0) is 98.6 Å². The average molecular weight is 654 g/mol. The fourth-order valence-corrected chi connectivity index (χ4v) is 8.31. The van der Waals surface area contributed by atoms with Crippen molar-refractivity contribution in [3.8, 4) is 56.0 Å². The molecular weight excluding hydrogens is 619 g/mol. The Labute approximate surface area is 298 Å². The van der Waals surface area contributed by atoms with E-state index >= 15 is 0 Å². The molecule has 0 radical (unpaired) electrons. The standard InChI is InChI=1S/C49H35NO/c1-49(2)43-19-10-9-16-38(43)39-27-25-37(31-44(39)49)50(36-23-20-34(21-24-36)32-12-5-3-6-13-32)45-28-29-46-48-41(17-11-18-42(45)48)40-26-22-35(30-47(40)51-46)33-14-7-4-8-15-33/h3-31H,1-2H3. The summed E-state index contributed by atoms with van der Waals surface area (Å²) in [5.74, 6) is 1.77. The number of benzene rings is 8. The SMILES string of the molecule is CC1(C)c2ccccc2-c2ccc(N(c3ccc(-c4ccccc4)cc3)c3ccc4c5c(cccc35)-c3ccc(-c5ccccc5)cc3O4)cc21. The highest BCUT2D eigenvalue weighted by Crippen LogP contribution is 2.53. The van der Waals surface area contributed by atoms with Crippen molar-refractivity contribution in [2.75, 3.05) is 4.90 Å². The number of hydrogen-bond donors (Lipinski definition) is 0. The fourth-order valence-electron chi connectivity index (χ4n) is 8.31. The Hall–Kier alpha value is -6.38. The minimum Gasteiger partial charge on any atom is -0.456 e. The van der Waals surface area contributed by atoms with Crippen LogP contribution in [0, 0.1) is 0 Å². The maximum atomic E-state index is 6.73. The maximum absolute atomic E-state index is 6.73. The third kappa shape index (κ3) is 4.64. The molecule has 2 aliphatic rings. The quantitative estimate of drug-likeness (QED) is 0.183. The molecule has 1 heterocycles. The number of anilines is 3. The average Bonchev–Trinajstić information content (AvgIpc) is 3.42. The molecule has 51 heavy (non-hydrogen) atoms. The van der Waals surface area contributed by atoms with Crippen LogP contribution >= 0.6 is 0 Å². The summed E-state index contributed by atoms with van der Waals surface area (Å²) in [6.45, 7) is 4.70. The molecule has 0 aromatic heterocycles. The van der Waals surface area contributed by atoms with Crippen LogP contribution in [0.25, 0.3) is 55.3 Å². The third-order valence-electron chi connectivity index (χ3n) is 10.9. The summed E-state index contributed by atoms with van der Waals surface area (Å²) in [7, 11) is 0. The van der Waals surface area contributed by atoms with E-state index in [-0.39, 0.29) is 5.41 Å². The number of hydrogen-bond acceptors (Lipinski definition) is 2. The molecule has 10 rings (SSSR count). The molecule has 0 fully saturated rings. The molecule has 0 bridgehead atoms. The molecule has 0 unspecified atom stereocenters. The van der Waals surface area contributed by atoms with Crippen LogP contribution in [0.2, 0.25) is 0 Å². The number of rotatable bonds is 5. The van der Waals surface area contributed by atoms with E-state index in [1.807, 2.05) is 0 Å². The van der Waals surface area contributed by atoms with Crippen LogP contribution < -0.4 is 9.64 Å². The molecule has 8 aromatic rings. The number of nitrogens with zero attached hydrogens (tertiary/aromatic N) is 1. The largest absolute Gasteiger partial charge is 0.456 e. The van der Waals surface area contributed by atoms with E-state index in [4.69, 9.17) is 4.74 Å². The van der Waals surface area contributed by atoms with Gasteiger partial charge in [-0.3, -0.25) is 0 Å². The van der Waals surface area contributed by atoms with Gasteiger partial charge in [0.15, 0.2) is 0 Å². The zero-order valence-electron chi connectivity index (χ0n) is 28.6. The van der Waals surface area contributed by atoms with Crippen molar-refractivity contribution >= 4 is 27.8 Å². The Bertz CT molecular complexity index is 2620. The van der Waals surface area contributed by atoms with Gasteiger partial charge in [-0.25, -0.2) is 0 Å². The van der Waals surface area contributed by atoms with Crippen LogP contribution in [0.3, 0.4) is 0 Å². The Balaban J connectivity index is 1.15. The lowest BCUT2D eigenvalue weighted by atomic mass is 9.82. The monoisotopic (exact) mass is 653 g/mol. The van der Waals surface area contributed by atoms with Crippen molar-refractivity contribution < 1.29 is 4.74 Å². The predicted molar refractivity (Wildman–Crippen MR) is 213 cm³/mol. The van der Waals surface area contributed by atoms with Crippen molar-refractivity contribution in [2.45, 2.75) is 19.3 Å². The molecule has 0 N–H and O–H groups in total. The Morgan fingerprint density at radius 3 is 1.80 bits per heavy atom. The van der Waals surface area contributed by atoms with E-state index < -0.39 is 0 Å². The summed E-state index contributed by atoms with van der Waals surface area (Å²) < 4.78 is 6.73. The van der Waals surface area contributed by atoms with Gasteiger partial charge in [0.1, 0.15) is 11.5 Å². The van der Waals surface area contributed by atoms with E-state index in [0.717, 1.165) is 50.5 Å². The highest BCUT2D eigenvalue weighted by atomic mass is 16.5. The lowest BCUT2D eigenvalue weighted by Crippen LogP contribution is -2.16. The van der Waals surface area contributed by atoms with E-state index in [9.17, 15) is 0 Å². The van der Waals surface area contributed by atoms with Crippen molar-refractivity contribution in [3.05, 3.63) is 187 Å². The summed E-state index contributed by atoms with van der Waals surface area (Å²) in [4.78, 5) is 2.42. The molecule has 2 nitrogen and oxygen atoms in total. The number of ether oxygens (including phenoxy) is 1. The molecule has 0 atom stereocenters. The molecule has 2 heteroatoms.